The number of hydrogen-bond acceptors (Lipinski definition) is 4. The van der Waals surface area contributed by atoms with Crippen LogP contribution in [-0.4, -0.2) is 19.9 Å². The Balaban J connectivity index is 3.25. The van der Waals surface area contributed by atoms with Crippen molar-refractivity contribution in [2.75, 3.05) is 6.54 Å². The number of nitrogens with zero attached hydrogens (tertiary/aromatic N) is 1. The normalized spacial score (nSPS) is 11.8. The van der Waals surface area contributed by atoms with Crippen molar-refractivity contribution >= 4 is 15.7 Å². The van der Waals surface area contributed by atoms with Crippen molar-refractivity contribution in [2.24, 2.45) is 5.92 Å². The number of nitro groups is 1. The maximum absolute atomic E-state index is 13.5. The second kappa shape index (κ2) is 5.62. The number of nitrogens with one attached hydrogen (secondary N) is 1. The molecule has 0 bridgehead atoms. The third-order valence-electron chi connectivity index (χ3n) is 2.40. The maximum atomic E-state index is 13.5. The van der Waals surface area contributed by atoms with Crippen molar-refractivity contribution in [1.82, 2.24) is 4.72 Å². The monoisotopic (exact) mass is 290 g/mol. The molecule has 0 spiro atoms. The van der Waals surface area contributed by atoms with Gasteiger partial charge in [0.25, 0.3) is 0 Å². The fraction of sp³-hybridized carbons (Fsp3) is 0.455. The summed E-state index contributed by atoms with van der Waals surface area (Å²) in [6, 6.07) is 1.80. The minimum Gasteiger partial charge on any atom is -0.258 e. The molecule has 0 aliphatic rings. The Morgan fingerprint density at radius 2 is 2.00 bits per heavy atom. The minimum atomic E-state index is -3.87. The van der Waals surface area contributed by atoms with E-state index in [1.165, 1.54) is 6.92 Å². The van der Waals surface area contributed by atoms with Crippen LogP contribution in [0, 0.1) is 28.8 Å². The topological polar surface area (TPSA) is 89.3 Å². The van der Waals surface area contributed by atoms with Crippen LogP contribution >= 0.6 is 0 Å². The molecular formula is C11H15FN2O4S. The fourth-order valence-electron chi connectivity index (χ4n) is 1.37. The molecule has 0 amide bonds. The number of halogens is 1. The Kier molecular flexibility index (Phi) is 4.59. The van der Waals surface area contributed by atoms with Crippen molar-refractivity contribution in [3.8, 4) is 0 Å². The molecule has 0 saturated heterocycles. The smallest absolute Gasteiger partial charge is 0.258 e. The summed E-state index contributed by atoms with van der Waals surface area (Å²) in [7, 11) is -3.87. The third-order valence-corrected chi connectivity index (χ3v) is 3.80. The Morgan fingerprint density at radius 1 is 1.42 bits per heavy atom. The molecule has 0 radical (unpaired) electrons. The largest absolute Gasteiger partial charge is 0.306 e. The average Bonchev–Trinajstić information content (AvgIpc) is 2.29. The molecule has 1 N–H and O–H groups in total. The van der Waals surface area contributed by atoms with Gasteiger partial charge in [0, 0.05) is 12.6 Å². The van der Waals surface area contributed by atoms with Gasteiger partial charge >= 0.3 is 5.69 Å². The Hall–Kier alpha value is -1.54. The van der Waals surface area contributed by atoms with Crippen molar-refractivity contribution in [2.45, 2.75) is 25.7 Å². The van der Waals surface area contributed by atoms with E-state index in [2.05, 4.69) is 4.72 Å². The highest BCUT2D eigenvalue weighted by atomic mass is 32.2. The van der Waals surface area contributed by atoms with E-state index >= 15 is 0 Å². The zero-order chi connectivity index (χ0) is 14.8. The molecule has 6 nitrogen and oxygen atoms in total. The first-order chi connectivity index (χ1) is 8.65. The molecule has 0 aliphatic heterocycles. The van der Waals surface area contributed by atoms with E-state index in [4.69, 9.17) is 0 Å². The maximum Gasteiger partial charge on any atom is 0.306 e. The lowest BCUT2D eigenvalue weighted by atomic mass is 10.2. The molecule has 0 aliphatic carbocycles. The molecule has 8 heteroatoms. The summed E-state index contributed by atoms with van der Waals surface area (Å²) in [4.78, 5) is 9.42. The zero-order valence-corrected chi connectivity index (χ0v) is 11.6. The van der Waals surface area contributed by atoms with Crippen LogP contribution in [0.15, 0.2) is 17.0 Å². The van der Waals surface area contributed by atoms with Crippen molar-refractivity contribution in [3.63, 3.8) is 0 Å². The van der Waals surface area contributed by atoms with Gasteiger partial charge in [0.2, 0.25) is 15.8 Å². The molecule has 0 atom stereocenters. The number of hydrogen-bond donors (Lipinski definition) is 1. The lowest BCUT2D eigenvalue weighted by Gasteiger charge is -2.09. The second-order valence-corrected chi connectivity index (χ2v) is 6.34. The highest BCUT2D eigenvalue weighted by Crippen LogP contribution is 2.24. The highest BCUT2D eigenvalue weighted by Gasteiger charge is 2.23. The van der Waals surface area contributed by atoms with Gasteiger partial charge < -0.3 is 0 Å². The molecule has 1 aromatic rings. The van der Waals surface area contributed by atoms with E-state index in [-0.39, 0.29) is 22.9 Å². The van der Waals surface area contributed by atoms with E-state index < -0.39 is 26.5 Å². The highest BCUT2D eigenvalue weighted by molar-refractivity contribution is 7.89. The second-order valence-electron chi connectivity index (χ2n) is 4.58. The van der Waals surface area contributed by atoms with Gasteiger partial charge in [0.1, 0.15) is 0 Å². The minimum absolute atomic E-state index is 0.0841. The van der Waals surface area contributed by atoms with Gasteiger partial charge in [-0.2, -0.15) is 4.39 Å². The molecule has 1 aromatic carbocycles. The summed E-state index contributed by atoms with van der Waals surface area (Å²) in [6.07, 6.45) is 0. The molecule has 19 heavy (non-hydrogen) atoms. The number of aryl methyl sites for hydroxylation is 1. The lowest BCUT2D eigenvalue weighted by Crippen LogP contribution is -2.27. The summed E-state index contributed by atoms with van der Waals surface area (Å²) >= 11 is 0. The summed E-state index contributed by atoms with van der Waals surface area (Å²) in [5.41, 5.74) is -0.927. The summed E-state index contributed by atoms with van der Waals surface area (Å²) < 4.78 is 39.6. The van der Waals surface area contributed by atoms with Gasteiger partial charge in [-0.15, -0.1) is 0 Å². The standard InChI is InChI=1S/C11H15FN2O4S/c1-7(2)6-13-19(17,18)9-4-8(3)11(12)10(5-9)14(15)16/h4-5,7,13H,6H2,1-3H3. The third kappa shape index (κ3) is 3.71. The molecule has 0 aromatic heterocycles. The summed E-state index contributed by atoms with van der Waals surface area (Å²) in [5.74, 6) is -0.931. The van der Waals surface area contributed by atoms with Crippen LogP contribution in [0.5, 0.6) is 0 Å². The van der Waals surface area contributed by atoms with E-state index in [9.17, 15) is 22.9 Å². The van der Waals surface area contributed by atoms with E-state index in [0.717, 1.165) is 12.1 Å². The van der Waals surface area contributed by atoms with E-state index in [0.29, 0.717) is 0 Å². The predicted octanol–water partition coefficient (Wildman–Crippen LogP) is 1.98. The quantitative estimate of drug-likeness (QED) is 0.663. The lowest BCUT2D eigenvalue weighted by molar-refractivity contribution is -0.387. The van der Waals surface area contributed by atoms with Gasteiger partial charge in [-0.1, -0.05) is 13.8 Å². The average molecular weight is 290 g/mol. The van der Waals surface area contributed by atoms with Crippen LogP contribution in [0.25, 0.3) is 0 Å². The molecular weight excluding hydrogens is 275 g/mol. The SMILES string of the molecule is Cc1cc(S(=O)(=O)NCC(C)C)cc([N+](=O)[O-])c1F. The van der Waals surface area contributed by atoms with Gasteiger partial charge in [-0.3, -0.25) is 10.1 Å². The van der Waals surface area contributed by atoms with Crippen LogP contribution in [0.1, 0.15) is 19.4 Å². The van der Waals surface area contributed by atoms with E-state index in [1.54, 1.807) is 0 Å². The first kappa shape index (κ1) is 15.5. The molecule has 1 rings (SSSR count). The summed E-state index contributed by atoms with van der Waals surface area (Å²) in [5, 5.41) is 10.7. The zero-order valence-electron chi connectivity index (χ0n) is 10.8. The van der Waals surface area contributed by atoms with Crippen LogP contribution < -0.4 is 4.72 Å². The van der Waals surface area contributed by atoms with Crippen molar-refractivity contribution < 1.29 is 17.7 Å². The van der Waals surface area contributed by atoms with Crippen LogP contribution in [-0.2, 0) is 10.0 Å². The van der Waals surface area contributed by atoms with E-state index in [1.807, 2.05) is 13.8 Å². The Labute approximate surface area is 110 Å². The molecule has 0 fully saturated rings. The summed E-state index contributed by atoms with van der Waals surface area (Å²) in [6.45, 7) is 5.12. The number of sulfonamides is 1. The van der Waals surface area contributed by atoms with Crippen molar-refractivity contribution in [3.05, 3.63) is 33.6 Å². The first-order valence-electron chi connectivity index (χ1n) is 5.59. The van der Waals surface area contributed by atoms with Crippen molar-refractivity contribution in [1.29, 1.82) is 0 Å². The molecule has 0 unspecified atom stereocenters. The number of nitro benzene ring substituents is 1. The first-order valence-corrected chi connectivity index (χ1v) is 7.07. The van der Waals surface area contributed by atoms with Crippen LogP contribution in [0.3, 0.4) is 0 Å². The Morgan fingerprint density at radius 3 is 2.47 bits per heavy atom. The fourth-order valence-corrected chi connectivity index (χ4v) is 2.68. The van der Waals surface area contributed by atoms with Gasteiger partial charge in [-0.25, -0.2) is 13.1 Å². The van der Waals surface area contributed by atoms with Gasteiger partial charge in [-0.05, 0) is 24.5 Å². The van der Waals surface area contributed by atoms with Gasteiger partial charge in [0.05, 0.1) is 9.82 Å². The number of benzene rings is 1. The van der Waals surface area contributed by atoms with Crippen LogP contribution in [0.4, 0.5) is 10.1 Å². The molecule has 0 saturated carbocycles. The molecule has 0 heterocycles. The van der Waals surface area contributed by atoms with Crippen LogP contribution in [0.2, 0.25) is 0 Å². The Bertz CT molecular complexity index is 599. The molecule has 106 valence electrons. The van der Waals surface area contributed by atoms with Gasteiger partial charge in [0.15, 0.2) is 0 Å². The number of rotatable bonds is 5. The predicted molar refractivity (Wildman–Crippen MR) is 67.8 cm³/mol.